The molecular weight excluding hydrogens is 374 g/mol. The minimum absolute atomic E-state index is 0.0299. The van der Waals surface area contributed by atoms with Gasteiger partial charge < -0.3 is 15.5 Å². The van der Waals surface area contributed by atoms with Crippen LogP contribution in [0, 0.1) is 6.92 Å². The summed E-state index contributed by atoms with van der Waals surface area (Å²) < 4.78 is 0. The number of anilines is 1. The Morgan fingerprint density at radius 1 is 1.14 bits per heavy atom. The zero-order chi connectivity index (χ0) is 20.1. The van der Waals surface area contributed by atoms with Crippen LogP contribution in [0.1, 0.15) is 34.9 Å². The highest BCUT2D eigenvalue weighted by Crippen LogP contribution is 2.15. The maximum atomic E-state index is 12.7. The molecule has 7 nitrogen and oxygen atoms in total. The second kappa shape index (κ2) is 9.16. The fourth-order valence-corrected chi connectivity index (χ4v) is 3.73. The second-order valence-corrected chi connectivity index (χ2v) is 8.32. The standard InChI is InChI=1S/C20H27N5O2S/c1-14(2)21-20(27)23-17-6-4-16(5-7-17)19(26)25-10-8-24(9-11-25)12-18-13-28-15(3)22-18/h4-7,13-14H,8-12H2,1-3H3,(H2,21,23,27). The number of carbonyl (C=O) groups is 2. The molecule has 0 radical (unpaired) electrons. The molecule has 0 unspecified atom stereocenters. The van der Waals surface area contributed by atoms with Gasteiger partial charge in [0.05, 0.1) is 10.7 Å². The summed E-state index contributed by atoms with van der Waals surface area (Å²) in [5.41, 5.74) is 2.41. The van der Waals surface area contributed by atoms with Gasteiger partial charge in [0.25, 0.3) is 5.91 Å². The third-order valence-electron chi connectivity index (χ3n) is 4.52. The number of carbonyl (C=O) groups excluding carboxylic acids is 2. The van der Waals surface area contributed by atoms with Crippen molar-refractivity contribution < 1.29 is 9.59 Å². The van der Waals surface area contributed by atoms with Crippen molar-refractivity contribution in [3.8, 4) is 0 Å². The normalized spacial score (nSPS) is 14.9. The number of rotatable bonds is 5. The Bertz CT molecular complexity index is 810. The average molecular weight is 402 g/mol. The summed E-state index contributed by atoms with van der Waals surface area (Å²) in [4.78, 5) is 33.2. The van der Waals surface area contributed by atoms with E-state index in [1.165, 1.54) is 0 Å². The second-order valence-electron chi connectivity index (χ2n) is 7.26. The van der Waals surface area contributed by atoms with Crippen LogP contribution < -0.4 is 10.6 Å². The van der Waals surface area contributed by atoms with Crippen molar-refractivity contribution in [1.29, 1.82) is 0 Å². The smallest absolute Gasteiger partial charge is 0.319 e. The van der Waals surface area contributed by atoms with Crippen LogP contribution in [0.15, 0.2) is 29.6 Å². The van der Waals surface area contributed by atoms with Crippen LogP contribution in [-0.2, 0) is 6.54 Å². The van der Waals surface area contributed by atoms with Gasteiger partial charge in [-0.05, 0) is 45.0 Å². The lowest BCUT2D eigenvalue weighted by Gasteiger charge is -2.34. The van der Waals surface area contributed by atoms with Crippen molar-refractivity contribution >= 4 is 29.0 Å². The quantitative estimate of drug-likeness (QED) is 0.808. The highest BCUT2D eigenvalue weighted by molar-refractivity contribution is 7.09. The van der Waals surface area contributed by atoms with E-state index in [4.69, 9.17) is 0 Å². The molecule has 1 aliphatic rings. The first-order valence-corrected chi connectivity index (χ1v) is 10.4. The van der Waals surface area contributed by atoms with Crippen molar-refractivity contribution in [1.82, 2.24) is 20.1 Å². The van der Waals surface area contributed by atoms with Crippen molar-refractivity contribution in [3.05, 3.63) is 45.9 Å². The van der Waals surface area contributed by atoms with E-state index in [1.54, 1.807) is 35.6 Å². The molecule has 1 fully saturated rings. The van der Waals surface area contributed by atoms with Crippen LogP contribution >= 0.6 is 11.3 Å². The molecule has 3 rings (SSSR count). The molecule has 28 heavy (non-hydrogen) atoms. The van der Waals surface area contributed by atoms with E-state index in [1.807, 2.05) is 25.7 Å². The van der Waals surface area contributed by atoms with Gasteiger partial charge >= 0.3 is 6.03 Å². The van der Waals surface area contributed by atoms with Crippen LogP contribution in [0.3, 0.4) is 0 Å². The number of nitrogens with one attached hydrogen (secondary N) is 2. The number of piperazine rings is 1. The highest BCUT2D eigenvalue weighted by atomic mass is 32.1. The van der Waals surface area contributed by atoms with Gasteiger partial charge in [-0.3, -0.25) is 9.69 Å². The summed E-state index contributed by atoms with van der Waals surface area (Å²) in [6, 6.07) is 6.86. The van der Waals surface area contributed by atoms with E-state index in [9.17, 15) is 9.59 Å². The van der Waals surface area contributed by atoms with Gasteiger partial charge in [0.2, 0.25) is 0 Å². The molecule has 0 atom stereocenters. The predicted octanol–water partition coefficient (Wildman–Crippen LogP) is 2.94. The number of amides is 3. The van der Waals surface area contributed by atoms with Crippen molar-refractivity contribution in [2.24, 2.45) is 0 Å². The molecule has 8 heteroatoms. The van der Waals surface area contributed by atoms with Crippen LogP contribution in [-0.4, -0.2) is 58.9 Å². The zero-order valence-corrected chi connectivity index (χ0v) is 17.4. The van der Waals surface area contributed by atoms with E-state index >= 15 is 0 Å². The minimum Gasteiger partial charge on any atom is -0.336 e. The minimum atomic E-state index is -0.250. The summed E-state index contributed by atoms with van der Waals surface area (Å²) in [5.74, 6) is 0.0299. The Morgan fingerprint density at radius 3 is 2.39 bits per heavy atom. The van der Waals surface area contributed by atoms with Gasteiger partial charge in [0, 0.05) is 55.4 Å². The van der Waals surface area contributed by atoms with Gasteiger partial charge in [-0.2, -0.15) is 0 Å². The lowest BCUT2D eigenvalue weighted by atomic mass is 10.1. The lowest BCUT2D eigenvalue weighted by molar-refractivity contribution is 0.0627. The number of nitrogens with zero attached hydrogens (tertiary/aromatic N) is 3. The molecule has 0 spiro atoms. The van der Waals surface area contributed by atoms with Crippen LogP contribution in [0.4, 0.5) is 10.5 Å². The first-order chi connectivity index (χ1) is 13.4. The topological polar surface area (TPSA) is 77.6 Å². The number of thiazole rings is 1. The summed E-state index contributed by atoms with van der Waals surface area (Å²) >= 11 is 1.67. The summed E-state index contributed by atoms with van der Waals surface area (Å²) in [7, 11) is 0. The number of aromatic nitrogens is 1. The Kier molecular flexibility index (Phi) is 6.64. The molecule has 1 aromatic heterocycles. The van der Waals surface area contributed by atoms with Gasteiger partial charge in [0.1, 0.15) is 0 Å². The number of hydrogen-bond donors (Lipinski definition) is 2. The molecule has 150 valence electrons. The summed E-state index contributed by atoms with van der Waals surface area (Å²) in [5, 5.41) is 8.72. The first-order valence-electron chi connectivity index (χ1n) is 9.51. The van der Waals surface area contributed by atoms with E-state index in [-0.39, 0.29) is 18.0 Å². The third kappa shape index (κ3) is 5.53. The Labute approximate surface area is 169 Å². The van der Waals surface area contributed by atoms with E-state index in [2.05, 4.69) is 25.9 Å². The molecule has 2 aromatic rings. The van der Waals surface area contributed by atoms with Crippen molar-refractivity contribution in [2.75, 3.05) is 31.5 Å². The molecule has 1 aromatic carbocycles. The van der Waals surface area contributed by atoms with Gasteiger partial charge in [0.15, 0.2) is 0 Å². The van der Waals surface area contributed by atoms with Gasteiger partial charge in [-0.25, -0.2) is 9.78 Å². The van der Waals surface area contributed by atoms with E-state index < -0.39 is 0 Å². The zero-order valence-electron chi connectivity index (χ0n) is 16.6. The molecule has 2 N–H and O–H groups in total. The Balaban J connectivity index is 1.50. The predicted molar refractivity (Wildman–Crippen MR) is 112 cm³/mol. The van der Waals surface area contributed by atoms with Crippen LogP contribution in [0.2, 0.25) is 0 Å². The van der Waals surface area contributed by atoms with Crippen LogP contribution in [0.25, 0.3) is 0 Å². The van der Waals surface area contributed by atoms with E-state index in [0.717, 1.165) is 30.3 Å². The Hall–Kier alpha value is -2.45. The summed E-state index contributed by atoms with van der Waals surface area (Å²) in [6.07, 6.45) is 0. The fraction of sp³-hybridized carbons (Fsp3) is 0.450. The average Bonchev–Trinajstić information content (AvgIpc) is 3.06. The monoisotopic (exact) mass is 401 g/mol. The molecule has 0 bridgehead atoms. The lowest BCUT2D eigenvalue weighted by Crippen LogP contribution is -2.48. The maximum Gasteiger partial charge on any atom is 0.319 e. The number of urea groups is 1. The molecule has 0 saturated carbocycles. The van der Waals surface area contributed by atoms with Gasteiger partial charge in [-0.15, -0.1) is 11.3 Å². The third-order valence-corrected chi connectivity index (χ3v) is 5.34. The molecule has 0 aliphatic carbocycles. The number of hydrogen-bond acceptors (Lipinski definition) is 5. The SMILES string of the molecule is Cc1nc(CN2CCN(C(=O)c3ccc(NC(=O)NC(C)C)cc3)CC2)cs1. The molecule has 3 amide bonds. The molecule has 1 saturated heterocycles. The first kappa shape index (κ1) is 20.3. The number of aryl methyl sites for hydroxylation is 1. The van der Waals surface area contributed by atoms with E-state index in [0.29, 0.717) is 24.3 Å². The molecular formula is C20H27N5O2S. The fourth-order valence-electron chi connectivity index (χ4n) is 3.13. The maximum absolute atomic E-state index is 12.7. The van der Waals surface area contributed by atoms with Gasteiger partial charge in [-0.1, -0.05) is 0 Å². The summed E-state index contributed by atoms with van der Waals surface area (Å²) in [6.45, 7) is 9.76. The molecule has 2 heterocycles. The molecule has 1 aliphatic heterocycles. The van der Waals surface area contributed by atoms with Crippen molar-refractivity contribution in [2.45, 2.75) is 33.4 Å². The van der Waals surface area contributed by atoms with Crippen LogP contribution in [0.5, 0.6) is 0 Å². The Morgan fingerprint density at radius 2 is 1.82 bits per heavy atom. The number of benzene rings is 1. The largest absolute Gasteiger partial charge is 0.336 e. The highest BCUT2D eigenvalue weighted by Gasteiger charge is 2.22. The van der Waals surface area contributed by atoms with Crippen molar-refractivity contribution in [3.63, 3.8) is 0 Å².